The van der Waals surface area contributed by atoms with Crippen LogP contribution in [0.15, 0.2) is 108 Å². The van der Waals surface area contributed by atoms with Crippen LogP contribution in [0.25, 0.3) is 10.9 Å². The smallest absolute Gasteiger partial charge is 0.341 e. The van der Waals surface area contributed by atoms with E-state index in [1.807, 2.05) is 36.4 Å². The Balaban J connectivity index is 1.22. The van der Waals surface area contributed by atoms with Crippen molar-refractivity contribution < 1.29 is 32.6 Å². The lowest BCUT2D eigenvalue weighted by Crippen LogP contribution is -2.15. The van der Waals surface area contributed by atoms with Crippen molar-refractivity contribution in [3.05, 3.63) is 125 Å². The molecule has 0 spiro atoms. The number of benzene rings is 4. The predicted molar refractivity (Wildman–Crippen MR) is 172 cm³/mol. The number of fused-ring (bicyclic) bond motifs is 1. The van der Waals surface area contributed by atoms with Gasteiger partial charge in [0.05, 0.1) is 27.5 Å². The molecule has 1 aromatic heterocycles. The molecule has 11 heteroatoms. The fourth-order valence-corrected chi connectivity index (χ4v) is 6.00. The first-order valence-corrected chi connectivity index (χ1v) is 16.0. The number of aromatic nitrogens is 1. The maximum absolute atomic E-state index is 13.1. The lowest BCUT2D eigenvalue weighted by atomic mass is 10.1. The van der Waals surface area contributed by atoms with Gasteiger partial charge in [0.1, 0.15) is 18.1 Å². The van der Waals surface area contributed by atoms with Gasteiger partial charge >= 0.3 is 5.97 Å². The molecule has 2 N–H and O–H groups in total. The number of carbonyl (C=O) groups excluding carboxylic acids is 1. The van der Waals surface area contributed by atoms with Crippen LogP contribution < -0.4 is 14.8 Å². The number of hydrogen-bond donors (Lipinski definition) is 2. The summed E-state index contributed by atoms with van der Waals surface area (Å²) >= 11 is 5.87. The predicted octanol–water partition coefficient (Wildman–Crippen LogP) is 6.59. The van der Waals surface area contributed by atoms with E-state index < -0.39 is 28.3 Å². The fraction of sp³-hybridized carbons (Fsp3) is 0.147. The number of halogens is 1. The maximum Gasteiger partial charge on any atom is 0.341 e. The molecule has 0 radical (unpaired) electrons. The number of aliphatic carboxylic acids is 1. The van der Waals surface area contributed by atoms with E-state index in [4.69, 9.17) is 26.2 Å². The SMILES string of the molecule is O=C(O)COc1ccc(CCCS(=O)(=O)c2ccc(Cl)cc2)cc1NC(=O)c1ccc(OCc2ccc3ccccc3n2)cc1. The molecule has 0 fully saturated rings. The summed E-state index contributed by atoms with van der Waals surface area (Å²) in [6.45, 7) is -0.339. The molecule has 0 saturated heterocycles. The highest BCUT2D eigenvalue weighted by atomic mass is 35.5. The van der Waals surface area contributed by atoms with Crippen LogP contribution in [-0.4, -0.2) is 42.7 Å². The number of hydrogen-bond acceptors (Lipinski definition) is 7. The molecule has 1 amide bonds. The molecule has 0 atom stereocenters. The molecule has 0 bridgehead atoms. The number of pyridine rings is 1. The number of para-hydroxylation sites is 1. The average Bonchev–Trinajstić information content (AvgIpc) is 3.03. The molecule has 5 aromatic rings. The molecule has 0 aliphatic rings. The summed E-state index contributed by atoms with van der Waals surface area (Å²) in [5.41, 5.74) is 3.00. The second kappa shape index (κ2) is 14.2. The minimum atomic E-state index is -3.50. The minimum absolute atomic E-state index is 0.0844. The third-order valence-corrected chi connectivity index (χ3v) is 8.92. The molecular weight excluding hydrogens is 616 g/mol. The van der Waals surface area contributed by atoms with Crippen LogP contribution >= 0.6 is 11.6 Å². The van der Waals surface area contributed by atoms with Crippen molar-refractivity contribution >= 4 is 49.9 Å². The van der Waals surface area contributed by atoms with E-state index in [1.165, 1.54) is 24.3 Å². The lowest BCUT2D eigenvalue weighted by molar-refractivity contribution is -0.139. The van der Waals surface area contributed by atoms with Gasteiger partial charge in [0.25, 0.3) is 5.91 Å². The Morgan fingerprint density at radius 1 is 0.867 bits per heavy atom. The standard InChI is InChI=1S/C34H29ClN2O7S/c35-26-11-16-29(17-12-26)45(41,42)19-3-4-23-7-18-32(44-22-33(38)39)31(20-23)37-34(40)25-9-14-28(15-10-25)43-21-27-13-8-24-5-1-2-6-30(24)36-27/h1-2,5-18,20H,3-4,19,21-22H2,(H,37,40)(H,38,39). The number of nitrogens with one attached hydrogen (secondary N) is 1. The Bertz CT molecular complexity index is 1930. The monoisotopic (exact) mass is 644 g/mol. The van der Waals surface area contributed by atoms with Crippen molar-refractivity contribution in [3.8, 4) is 11.5 Å². The zero-order valence-corrected chi connectivity index (χ0v) is 25.6. The van der Waals surface area contributed by atoms with Crippen molar-refractivity contribution in [3.63, 3.8) is 0 Å². The minimum Gasteiger partial charge on any atom is -0.487 e. The summed E-state index contributed by atoms with van der Waals surface area (Å²) in [5, 5.41) is 13.4. The summed E-state index contributed by atoms with van der Waals surface area (Å²) in [5.74, 6) is -0.967. The molecule has 1 heterocycles. The second-order valence-electron chi connectivity index (χ2n) is 10.2. The van der Waals surface area contributed by atoms with Crippen molar-refractivity contribution in [2.24, 2.45) is 0 Å². The van der Waals surface area contributed by atoms with Gasteiger partial charge in [-0.05, 0) is 91.2 Å². The Hall–Kier alpha value is -4.93. The van der Waals surface area contributed by atoms with Gasteiger partial charge in [0.15, 0.2) is 16.4 Å². The van der Waals surface area contributed by atoms with Crippen molar-refractivity contribution in [2.75, 3.05) is 17.7 Å². The normalized spacial score (nSPS) is 11.2. The molecule has 5 rings (SSSR count). The third-order valence-electron chi connectivity index (χ3n) is 6.85. The van der Waals surface area contributed by atoms with Crippen LogP contribution in [0.5, 0.6) is 11.5 Å². The third kappa shape index (κ3) is 8.59. The number of carbonyl (C=O) groups is 2. The molecular formula is C34H29ClN2O7S. The number of aryl methyl sites for hydroxylation is 1. The molecule has 0 aliphatic carbocycles. The zero-order valence-electron chi connectivity index (χ0n) is 24.0. The Morgan fingerprint density at radius 3 is 2.38 bits per heavy atom. The highest BCUT2D eigenvalue weighted by Crippen LogP contribution is 2.28. The number of amides is 1. The van der Waals surface area contributed by atoms with E-state index in [2.05, 4.69) is 10.3 Å². The van der Waals surface area contributed by atoms with Crippen LogP contribution in [0.4, 0.5) is 5.69 Å². The van der Waals surface area contributed by atoms with Gasteiger partial charge in [0, 0.05) is 16.0 Å². The second-order valence-corrected chi connectivity index (χ2v) is 12.7. The quantitative estimate of drug-likeness (QED) is 0.147. The summed E-state index contributed by atoms with van der Waals surface area (Å²) in [4.78, 5) is 29.0. The lowest BCUT2D eigenvalue weighted by Gasteiger charge is -2.14. The Labute approximate surface area is 265 Å². The number of nitrogens with zero attached hydrogens (tertiary/aromatic N) is 1. The number of ether oxygens (including phenoxy) is 2. The number of carboxylic acids is 1. The van der Waals surface area contributed by atoms with Gasteiger partial charge in [-0.1, -0.05) is 41.9 Å². The topological polar surface area (TPSA) is 132 Å². The van der Waals surface area contributed by atoms with Crippen LogP contribution in [0.3, 0.4) is 0 Å². The van der Waals surface area contributed by atoms with Gasteiger partial charge < -0.3 is 19.9 Å². The first kappa shape index (κ1) is 31.5. The first-order valence-electron chi connectivity index (χ1n) is 14.0. The maximum atomic E-state index is 13.1. The van der Waals surface area contributed by atoms with E-state index in [9.17, 15) is 18.0 Å². The summed E-state index contributed by atoms with van der Waals surface area (Å²) in [6, 6.07) is 29.2. The van der Waals surface area contributed by atoms with Crippen molar-refractivity contribution in [1.82, 2.24) is 4.98 Å². The summed E-state index contributed by atoms with van der Waals surface area (Å²) in [7, 11) is -3.50. The molecule has 9 nitrogen and oxygen atoms in total. The van der Waals surface area contributed by atoms with Crippen molar-refractivity contribution in [1.29, 1.82) is 0 Å². The fourth-order valence-electron chi connectivity index (χ4n) is 4.56. The van der Waals surface area contributed by atoms with E-state index in [0.29, 0.717) is 29.2 Å². The van der Waals surface area contributed by atoms with Crippen LogP contribution in [0.2, 0.25) is 5.02 Å². The number of sulfone groups is 1. The van der Waals surface area contributed by atoms with Crippen LogP contribution in [-0.2, 0) is 27.7 Å². The van der Waals surface area contributed by atoms with Crippen LogP contribution in [0, 0.1) is 0 Å². The molecule has 0 saturated carbocycles. The summed E-state index contributed by atoms with van der Waals surface area (Å²) < 4.78 is 36.7. The molecule has 4 aromatic carbocycles. The number of carboxylic acid groups (broad SMARTS) is 1. The number of rotatable bonds is 13. The molecule has 45 heavy (non-hydrogen) atoms. The molecule has 230 valence electrons. The summed E-state index contributed by atoms with van der Waals surface area (Å²) in [6.07, 6.45) is 0.719. The van der Waals surface area contributed by atoms with Gasteiger partial charge in [-0.15, -0.1) is 0 Å². The molecule has 0 aliphatic heterocycles. The van der Waals surface area contributed by atoms with Gasteiger partial charge in [-0.3, -0.25) is 4.79 Å². The van der Waals surface area contributed by atoms with Gasteiger partial charge in [-0.25, -0.2) is 18.2 Å². The van der Waals surface area contributed by atoms with E-state index in [1.54, 1.807) is 42.5 Å². The average molecular weight is 645 g/mol. The number of anilines is 1. The van der Waals surface area contributed by atoms with E-state index >= 15 is 0 Å². The first-order chi connectivity index (χ1) is 21.7. The van der Waals surface area contributed by atoms with Gasteiger partial charge in [0.2, 0.25) is 0 Å². The Kier molecular flexibility index (Phi) is 9.96. The van der Waals surface area contributed by atoms with Crippen LogP contribution in [0.1, 0.15) is 28.0 Å². The van der Waals surface area contributed by atoms with E-state index in [0.717, 1.165) is 22.2 Å². The highest BCUT2D eigenvalue weighted by Gasteiger charge is 2.16. The highest BCUT2D eigenvalue weighted by molar-refractivity contribution is 7.91. The Morgan fingerprint density at radius 2 is 1.62 bits per heavy atom. The zero-order chi connectivity index (χ0) is 31.8. The largest absolute Gasteiger partial charge is 0.487 e. The van der Waals surface area contributed by atoms with Crippen molar-refractivity contribution in [2.45, 2.75) is 24.3 Å². The van der Waals surface area contributed by atoms with Gasteiger partial charge in [-0.2, -0.15) is 0 Å². The van der Waals surface area contributed by atoms with E-state index in [-0.39, 0.29) is 28.7 Å². The molecule has 0 unspecified atom stereocenters.